The number of nitrogens with one attached hydrogen (secondary N) is 1. The highest BCUT2D eigenvalue weighted by molar-refractivity contribution is 6.01. The molecule has 2 aromatic rings. The summed E-state index contributed by atoms with van der Waals surface area (Å²) in [6.07, 6.45) is 0.694. The van der Waals surface area contributed by atoms with Crippen molar-refractivity contribution in [1.82, 2.24) is 4.90 Å². The van der Waals surface area contributed by atoms with Crippen LogP contribution in [0.4, 0.5) is 5.69 Å². The minimum Gasteiger partial charge on any atom is -0.496 e. The van der Waals surface area contributed by atoms with E-state index in [4.69, 9.17) is 4.74 Å². The van der Waals surface area contributed by atoms with E-state index in [9.17, 15) is 4.79 Å². The number of hydrogen-bond donors (Lipinski definition) is 1. The Morgan fingerprint density at radius 2 is 1.86 bits per heavy atom. The van der Waals surface area contributed by atoms with Crippen LogP contribution in [0.25, 0.3) is 0 Å². The molecule has 0 fully saturated rings. The van der Waals surface area contributed by atoms with Crippen LogP contribution in [0.1, 0.15) is 35.4 Å². The topological polar surface area (TPSA) is 41.6 Å². The Kier molecular flexibility index (Phi) is 4.00. The van der Waals surface area contributed by atoms with E-state index in [1.807, 2.05) is 53.4 Å². The molecule has 0 aromatic heterocycles. The maximum Gasteiger partial charge on any atom is 0.257 e. The van der Waals surface area contributed by atoms with Crippen molar-refractivity contribution in [2.75, 3.05) is 19.0 Å². The molecule has 0 spiro atoms. The number of amides is 1. The molecule has 1 amide bonds. The molecule has 0 bridgehead atoms. The average Bonchev–Trinajstić information content (AvgIpc) is 2.57. The number of hydrogen-bond acceptors (Lipinski definition) is 3. The van der Waals surface area contributed by atoms with Crippen LogP contribution in [-0.2, 0) is 0 Å². The number of methoxy groups -OCH3 is 1. The summed E-state index contributed by atoms with van der Waals surface area (Å²) in [5.41, 5.74) is 2.57. The normalized spacial score (nSPS) is 16.9. The van der Waals surface area contributed by atoms with E-state index < -0.39 is 0 Å². The second kappa shape index (κ2) is 6.10. The zero-order valence-electron chi connectivity index (χ0n) is 12.9. The van der Waals surface area contributed by atoms with Crippen molar-refractivity contribution in [2.45, 2.75) is 19.5 Å². The fraction of sp³-hybridized carbons (Fsp3) is 0.278. The van der Waals surface area contributed by atoms with Crippen LogP contribution in [0.5, 0.6) is 5.75 Å². The van der Waals surface area contributed by atoms with Crippen molar-refractivity contribution in [3.05, 3.63) is 59.7 Å². The van der Waals surface area contributed by atoms with Crippen LogP contribution < -0.4 is 10.1 Å². The molecular formula is C18H20N2O2. The first kappa shape index (κ1) is 14.4. The summed E-state index contributed by atoms with van der Waals surface area (Å²) in [5, 5.41) is 3.48. The number of nitrogens with zero attached hydrogens (tertiary/aromatic N) is 1. The molecule has 0 radical (unpaired) electrons. The van der Waals surface area contributed by atoms with Gasteiger partial charge in [0, 0.05) is 17.8 Å². The fourth-order valence-corrected chi connectivity index (χ4v) is 2.90. The molecule has 1 unspecified atom stereocenters. The van der Waals surface area contributed by atoms with E-state index in [2.05, 4.69) is 12.2 Å². The zero-order valence-corrected chi connectivity index (χ0v) is 12.9. The van der Waals surface area contributed by atoms with Crippen LogP contribution in [0.3, 0.4) is 0 Å². The van der Waals surface area contributed by atoms with Gasteiger partial charge in [0.05, 0.1) is 12.7 Å². The molecule has 1 aliphatic rings. The summed E-state index contributed by atoms with van der Waals surface area (Å²) >= 11 is 0. The first-order chi connectivity index (χ1) is 10.8. The Hall–Kier alpha value is -2.49. The van der Waals surface area contributed by atoms with E-state index >= 15 is 0 Å². The van der Waals surface area contributed by atoms with Crippen LogP contribution >= 0.6 is 0 Å². The number of anilines is 1. The predicted molar refractivity (Wildman–Crippen MR) is 87.1 cm³/mol. The van der Waals surface area contributed by atoms with Crippen LogP contribution in [0.2, 0.25) is 0 Å². The Morgan fingerprint density at radius 1 is 1.14 bits per heavy atom. The van der Waals surface area contributed by atoms with Gasteiger partial charge >= 0.3 is 0 Å². The molecule has 3 rings (SSSR count). The molecule has 4 heteroatoms. The fourth-order valence-electron chi connectivity index (χ4n) is 2.90. The summed E-state index contributed by atoms with van der Waals surface area (Å²) < 4.78 is 5.47. The molecule has 1 aliphatic heterocycles. The molecule has 4 nitrogen and oxygen atoms in total. The minimum absolute atomic E-state index is 0.0621. The maximum atomic E-state index is 12.8. The second-order valence-corrected chi connectivity index (χ2v) is 5.33. The van der Waals surface area contributed by atoms with E-state index in [1.165, 1.54) is 0 Å². The maximum absolute atomic E-state index is 12.8. The first-order valence-corrected chi connectivity index (χ1v) is 7.55. The summed E-state index contributed by atoms with van der Waals surface area (Å²) in [7, 11) is 1.65. The van der Waals surface area contributed by atoms with Crippen molar-refractivity contribution < 1.29 is 9.53 Å². The smallest absolute Gasteiger partial charge is 0.257 e. The third-order valence-corrected chi connectivity index (χ3v) is 3.92. The molecule has 1 atom stereocenters. The van der Waals surface area contributed by atoms with Gasteiger partial charge in [-0.1, -0.05) is 37.3 Å². The Bertz CT molecular complexity index is 684. The SMILES string of the molecule is CCCN1C(=O)c2ccccc2NC1c1ccccc1OC. The quantitative estimate of drug-likeness (QED) is 0.936. The molecule has 0 aliphatic carbocycles. The van der Waals surface area contributed by atoms with Crippen LogP contribution in [-0.4, -0.2) is 24.5 Å². The van der Waals surface area contributed by atoms with Gasteiger partial charge in [0.25, 0.3) is 5.91 Å². The van der Waals surface area contributed by atoms with Gasteiger partial charge < -0.3 is 15.0 Å². The summed E-state index contributed by atoms with van der Waals surface area (Å²) in [4.78, 5) is 14.7. The van der Waals surface area contributed by atoms with Crippen LogP contribution in [0.15, 0.2) is 48.5 Å². The second-order valence-electron chi connectivity index (χ2n) is 5.33. The first-order valence-electron chi connectivity index (χ1n) is 7.55. The number of fused-ring (bicyclic) bond motifs is 1. The highest BCUT2D eigenvalue weighted by Crippen LogP contribution is 2.36. The summed E-state index contributed by atoms with van der Waals surface area (Å²) in [6, 6.07) is 15.5. The lowest BCUT2D eigenvalue weighted by molar-refractivity contribution is 0.0681. The van der Waals surface area contributed by atoms with E-state index in [0.29, 0.717) is 6.54 Å². The number of para-hydroxylation sites is 2. The third kappa shape index (κ3) is 2.41. The van der Waals surface area contributed by atoms with Gasteiger partial charge in [-0.25, -0.2) is 0 Å². The highest BCUT2D eigenvalue weighted by atomic mass is 16.5. The van der Waals surface area contributed by atoms with Crippen LogP contribution in [0, 0.1) is 0 Å². The monoisotopic (exact) mass is 296 g/mol. The van der Waals surface area contributed by atoms with E-state index in [0.717, 1.165) is 29.0 Å². The van der Waals surface area contributed by atoms with Gasteiger partial charge in [0.15, 0.2) is 0 Å². The van der Waals surface area contributed by atoms with E-state index in [1.54, 1.807) is 7.11 Å². The number of ether oxygens (including phenoxy) is 1. The number of rotatable bonds is 4. The van der Waals surface area contributed by atoms with E-state index in [-0.39, 0.29) is 12.1 Å². The number of carbonyl (C=O) groups excluding carboxylic acids is 1. The molecule has 2 aromatic carbocycles. The lowest BCUT2D eigenvalue weighted by atomic mass is 10.0. The Morgan fingerprint density at radius 3 is 2.64 bits per heavy atom. The highest BCUT2D eigenvalue weighted by Gasteiger charge is 2.33. The van der Waals surface area contributed by atoms with Gasteiger partial charge in [-0.2, -0.15) is 0 Å². The summed E-state index contributed by atoms with van der Waals surface area (Å²) in [6.45, 7) is 2.77. The molecule has 0 saturated carbocycles. The van der Waals surface area contributed by atoms with Crippen molar-refractivity contribution >= 4 is 11.6 Å². The molecule has 22 heavy (non-hydrogen) atoms. The van der Waals surface area contributed by atoms with Crippen molar-refractivity contribution in [1.29, 1.82) is 0 Å². The molecule has 1 N–H and O–H groups in total. The Balaban J connectivity index is 2.07. The number of carbonyl (C=O) groups is 1. The molecule has 0 saturated heterocycles. The zero-order chi connectivity index (χ0) is 15.5. The summed E-state index contributed by atoms with van der Waals surface area (Å²) in [5.74, 6) is 0.848. The van der Waals surface area contributed by atoms with Gasteiger partial charge in [-0.15, -0.1) is 0 Å². The van der Waals surface area contributed by atoms with Crippen molar-refractivity contribution in [3.8, 4) is 5.75 Å². The average molecular weight is 296 g/mol. The van der Waals surface area contributed by atoms with Crippen molar-refractivity contribution in [2.24, 2.45) is 0 Å². The minimum atomic E-state index is -0.210. The van der Waals surface area contributed by atoms with Crippen molar-refractivity contribution in [3.63, 3.8) is 0 Å². The molecule has 1 heterocycles. The lowest BCUT2D eigenvalue weighted by Gasteiger charge is -2.38. The standard InChI is InChI=1S/C18H20N2O2/c1-3-12-20-17(14-9-5-7-11-16(14)22-2)19-15-10-6-4-8-13(15)18(20)21/h4-11,17,19H,3,12H2,1-2H3. The third-order valence-electron chi connectivity index (χ3n) is 3.92. The van der Waals surface area contributed by atoms with Gasteiger partial charge in [0.1, 0.15) is 11.9 Å². The lowest BCUT2D eigenvalue weighted by Crippen LogP contribution is -2.43. The largest absolute Gasteiger partial charge is 0.496 e. The van der Waals surface area contributed by atoms with Gasteiger partial charge in [0.2, 0.25) is 0 Å². The Labute approximate surface area is 130 Å². The van der Waals surface area contributed by atoms with Gasteiger partial charge in [-0.3, -0.25) is 4.79 Å². The predicted octanol–water partition coefficient (Wildman–Crippen LogP) is 3.67. The van der Waals surface area contributed by atoms with Gasteiger partial charge in [-0.05, 0) is 24.6 Å². The molecule has 114 valence electrons. The number of benzene rings is 2. The molecular weight excluding hydrogens is 276 g/mol.